The van der Waals surface area contributed by atoms with E-state index in [0.717, 1.165) is 5.56 Å². The van der Waals surface area contributed by atoms with Crippen molar-refractivity contribution >= 4 is 17.3 Å². The monoisotopic (exact) mass is 249 g/mol. The van der Waals surface area contributed by atoms with Gasteiger partial charge in [-0.3, -0.25) is 0 Å². The first-order chi connectivity index (χ1) is 8.22. The summed E-state index contributed by atoms with van der Waals surface area (Å²) < 4.78 is 0. The average molecular weight is 249 g/mol. The van der Waals surface area contributed by atoms with Crippen molar-refractivity contribution in [3.8, 4) is 10.4 Å². The number of nitrogens with zero attached hydrogens (tertiary/aromatic N) is 3. The van der Waals surface area contributed by atoms with E-state index in [-0.39, 0.29) is 6.61 Å². The molecular weight excluding hydrogens is 234 g/mol. The second-order valence-electron chi connectivity index (χ2n) is 3.85. The first kappa shape index (κ1) is 12.0. The van der Waals surface area contributed by atoms with E-state index in [0.29, 0.717) is 12.5 Å². The van der Waals surface area contributed by atoms with Gasteiger partial charge in [0.2, 0.25) is 5.95 Å². The van der Waals surface area contributed by atoms with E-state index in [1.165, 1.54) is 10.4 Å². The molecule has 5 heteroatoms. The van der Waals surface area contributed by atoms with Gasteiger partial charge >= 0.3 is 0 Å². The van der Waals surface area contributed by atoms with Gasteiger partial charge in [0.05, 0.1) is 6.61 Å². The summed E-state index contributed by atoms with van der Waals surface area (Å²) in [6, 6.07) is 2.09. The maximum Gasteiger partial charge on any atom is 0.225 e. The van der Waals surface area contributed by atoms with E-state index >= 15 is 0 Å². The Kier molecular flexibility index (Phi) is 3.71. The van der Waals surface area contributed by atoms with Crippen molar-refractivity contribution in [3.63, 3.8) is 0 Å². The number of rotatable bonds is 4. The van der Waals surface area contributed by atoms with Gasteiger partial charge in [0, 0.05) is 36.4 Å². The van der Waals surface area contributed by atoms with E-state index in [1.54, 1.807) is 11.3 Å². The van der Waals surface area contributed by atoms with Crippen LogP contribution in [0.5, 0.6) is 0 Å². The first-order valence-corrected chi connectivity index (χ1v) is 6.29. The van der Waals surface area contributed by atoms with Gasteiger partial charge in [-0.1, -0.05) is 0 Å². The Morgan fingerprint density at radius 1 is 1.35 bits per heavy atom. The standard InChI is InChI=1S/C12H15N3OS/c1-9-3-6-17-11(9)10-7-13-12(14-8-10)15(2)4-5-16/h3,6-8,16H,4-5H2,1-2H3. The van der Waals surface area contributed by atoms with Crippen LogP contribution in [0.1, 0.15) is 5.56 Å². The molecular formula is C12H15N3OS. The molecule has 0 saturated carbocycles. The van der Waals surface area contributed by atoms with Crippen molar-refractivity contribution < 1.29 is 5.11 Å². The number of likely N-dealkylation sites (N-methyl/N-ethyl adjacent to an activating group) is 1. The van der Waals surface area contributed by atoms with Gasteiger partial charge in [-0.2, -0.15) is 0 Å². The maximum atomic E-state index is 8.84. The summed E-state index contributed by atoms with van der Waals surface area (Å²) in [5.74, 6) is 0.636. The van der Waals surface area contributed by atoms with Gasteiger partial charge in [0.15, 0.2) is 0 Å². The summed E-state index contributed by atoms with van der Waals surface area (Å²) >= 11 is 1.69. The summed E-state index contributed by atoms with van der Waals surface area (Å²) in [6.45, 7) is 2.72. The molecule has 0 aliphatic rings. The van der Waals surface area contributed by atoms with Crippen LogP contribution in [0.25, 0.3) is 10.4 Å². The van der Waals surface area contributed by atoms with Crippen molar-refractivity contribution in [3.05, 3.63) is 29.4 Å². The highest BCUT2D eigenvalue weighted by atomic mass is 32.1. The zero-order valence-electron chi connectivity index (χ0n) is 9.92. The molecule has 0 atom stereocenters. The number of aliphatic hydroxyl groups is 1. The average Bonchev–Trinajstić information content (AvgIpc) is 2.76. The minimum absolute atomic E-state index is 0.103. The lowest BCUT2D eigenvalue weighted by atomic mass is 10.2. The van der Waals surface area contributed by atoms with Gasteiger partial charge < -0.3 is 10.0 Å². The van der Waals surface area contributed by atoms with Crippen LogP contribution in [-0.2, 0) is 0 Å². The molecule has 2 aromatic rings. The fraction of sp³-hybridized carbons (Fsp3) is 0.333. The van der Waals surface area contributed by atoms with Gasteiger partial charge in [0.25, 0.3) is 0 Å². The minimum atomic E-state index is 0.103. The van der Waals surface area contributed by atoms with Crippen molar-refractivity contribution in [2.45, 2.75) is 6.92 Å². The summed E-state index contributed by atoms with van der Waals surface area (Å²) in [7, 11) is 1.86. The Morgan fingerprint density at radius 2 is 2.06 bits per heavy atom. The third kappa shape index (κ3) is 2.62. The number of hydrogen-bond acceptors (Lipinski definition) is 5. The van der Waals surface area contributed by atoms with Crippen LogP contribution in [0, 0.1) is 6.92 Å². The number of thiophene rings is 1. The molecule has 0 aliphatic carbocycles. The highest BCUT2D eigenvalue weighted by molar-refractivity contribution is 7.13. The van der Waals surface area contributed by atoms with E-state index < -0.39 is 0 Å². The molecule has 2 rings (SSSR count). The first-order valence-electron chi connectivity index (χ1n) is 5.41. The maximum absolute atomic E-state index is 8.84. The number of aliphatic hydroxyl groups excluding tert-OH is 1. The fourth-order valence-electron chi connectivity index (χ4n) is 1.55. The second-order valence-corrected chi connectivity index (χ2v) is 4.77. The second kappa shape index (κ2) is 5.25. The van der Waals surface area contributed by atoms with Gasteiger partial charge in [-0.05, 0) is 23.9 Å². The summed E-state index contributed by atoms with van der Waals surface area (Å²) in [4.78, 5) is 11.6. The molecule has 17 heavy (non-hydrogen) atoms. The number of hydrogen-bond donors (Lipinski definition) is 1. The van der Waals surface area contributed by atoms with Gasteiger partial charge in [-0.25, -0.2) is 9.97 Å². The number of aromatic nitrogens is 2. The Balaban J connectivity index is 2.21. The minimum Gasteiger partial charge on any atom is -0.395 e. The fourth-order valence-corrected chi connectivity index (χ4v) is 2.46. The molecule has 0 unspecified atom stereocenters. The molecule has 1 N–H and O–H groups in total. The molecule has 0 fully saturated rings. The van der Waals surface area contributed by atoms with Crippen LogP contribution in [0.3, 0.4) is 0 Å². The zero-order valence-corrected chi connectivity index (χ0v) is 10.7. The third-order valence-electron chi connectivity index (χ3n) is 2.54. The topological polar surface area (TPSA) is 49.2 Å². The molecule has 90 valence electrons. The molecule has 4 nitrogen and oxygen atoms in total. The molecule has 0 bridgehead atoms. The van der Waals surface area contributed by atoms with E-state index in [1.807, 2.05) is 24.3 Å². The van der Waals surface area contributed by atoms with Crippen molar-refractivity contribution in [2.75, 3.05) is 25.1 Å². The van der Waals surface area contributed by atoms with Gasteiger partial charge in [0.1, 0.15) is 0 Å². The molecule has 2 heterocycles. The summed E-state index contributed by atoms with van der Waals surface area (Å²) in [6.07, 6.45) is 3.66. The van der Waals surface area contributed by atoms with Crippen LogP contribution < -0.4 is 4.90 Å². The van der Waals surface area contributed by atoms with Crippen LogP contribution >= 0.6 is 11.3 Å². The predicted octanol–water partition coefficient (Wildman–Crippen LogP) is 1.94. The lowest BCUT2D eigenvalue weighted by molar-refractivity contribution is 0.303. The van der Waals surface area contributed by atoms with Crippen LogP contribution in [-0.4, -0.2) is 35.3 Å². The molecule has 0 saturated heterocycles. The van der Waals surface area contributed by atoms with Crippen LogP contribution in [0.15, 0.2) is 23.8 Å². The summed E-state index contributed by atoms with van der Waals surface area (Å²) in [5.41, 5.74) is 2.29. The smallest absolute Gasteiger partial charge is 0.225 e. The van der Waals surface area contributed by atoms with Crippen molar-refractivity contribution in [1.29, 1.82) is 0 Å². The molecule has 0 aliphatic heterocycles. The summed E-state index contributed by atoms with van der Waals surface area (Å²) in [5, 5.41) is 10.9. The highest BCUT2D eigenvalue weighted by Gasteiger charge is 2.07. The van der Waals surface area contributed by atoms with E-state index in [4.69, 9.17) is 5.11 Å². The Bertz CT molecular complexity index is 481. The highest BCUT2D eigenvalue weighted by Crippen LogP contribution is 2.28. The van der Waals surface area contributed by atoms with Gasteiger partial charge in [-0.15, -0.1) is 11.3 Å². The quantitative estimate of drug-likeness (QED) is 0.899. The molecule has 0 aromatic carbocycles. The molecule has 2 aromatic heterocycles. The van der Waals surface area contributed by atoms with Crippen molar-refractivity contribution in [2.24, 2.45) is 0 Å². The largest absolute Gasteiger partial charge is 0.395 e. The van der Waals surface area contributed by atoms with Crippen LogP contribution in [0.4, 0.5) is 5.95 Å². The lowest BCUT2D eigenvalue weighted by Crippen LogP contribution is -2.23. The molecule has 0 amide bonds. The lowest BCUT2D eigenvalue weighted by Gasteiger charge is -2.15. The van der Waals surface area contributed by atoms with Crippen molar-refractivity contribution in [1.82, 2.24) is 9.97 Å². The van der Waals surface area contributed by atoms with Crippen LogP contribution in [0.2, 0.25) is 0 Å². The normalized spacial score (nSPS) is 10.5. The van der Waals surface area contributed by atoms with E-state index in [9.17, 15) is 0 Å². The SMILES string of the molecule is Cc1ccsc1-c1cnc(N(C)CCO)nc1. The Morgan fingerprint density at radius 3 is 2.59 bits per heavy atom. The van der Waals surface area contributed by atoms with E-state index in [2.05, 4.69) is 28.3 Å². The molecule has 0 spiro atoms. The number of aryl methyl sites for hydroxylation is 1. The Hall–Kier alpha value is -1.46. The number of anilines is 1. The molecule has 0 radical (unpaired) electrons. The Labute approximate surface area is 105 Å². The predicted molar refractivity (Wildman–Crippen MR) is 70.4 cm³/mol. The third-order valence-corrected chi connectivity index (χ3v) is 3.60. The zero-order chi connectivity index (χ0) is 12.3.